The van der Waals surface area contributed by atoms with Gasteiger partial charge in [0.15, 0.2) is 11.6 Å². The molecule has 0 amide bonds. The van der Waals surface area contributed by atoms with E-state index in [0.29, 0.717) is 11.0 Å². The van der Waals surface area contributed by atoms with Crippen LogP contribution in [0.4, 0.5) is 4.39 Å². The van der Waals surface area contributed by atoms with Gasteiger partial charge in [0.2, 0.25) is 10.0 Å². The van der Waals surface area contributed by atoms with Gasteiger partial charge in [0.25, 0.3) is 0 Å². The number of H-pyrrole nitrogens is 1. The van der Waals surface area contributed by atoms with Crippen LogP contribution in [0.25, 0.3) is 16.6 Å². The van der Waals surface area contributed by atoms with Crippen molar-refractivity contribution in [2.24, 2.45) is 0 Å². The van der Waals surface area contributed by atoms with Crippen LogP contribution in [-0.2, 0) is 19.6 Å². The fourth-order valence-corrected chi connectivity index (χ4v) is 3.42. The van der Waals surface area contributed by atoms with E-state index >= 15 is 0 Å². The van der Waals surface area contributed by atoms with Gasteiger partial charge < -0.3 is 14.8 Å². The van der Waals surface area contributed by atoms with Gasteiger partial charge in [0.05, 0.1) is 15.9 Å². The predicted molar refractivity (Wildman–Crippen MR) is 104 cm³/mol. The lowest BCUT2D eigenvalue weighted by Crippen LogP contribution is -2.31. The number of ether oxygens (including phenoxy) is 1. The number of esters is 1. The number of sulfonamides is 1. The number of carbonyl (C=O) groups excluding carboxylic acids is 1. The fourth-order valence-electron chi connectivity index (χ4n) is 2.45. The number of carbonyl (C=O) groups is 1. The second-order valence-electron chi connectivity index (χ2n) is 5.98. The maximum Gasteiger partial charge on any atom is 0.321 e. The Morgan fingerprint density at radius 3 is 2.60 bits per heavy atom. The van der Waals surface area contributed by atoms with Gasteiger partial charge >= 0.3 is 5.97 Å². The number of aliphatic hydroxyl groups excluding tert-OH is 1. The van der Waals surface area contributed by atoms with Crippen molar-refractivity contribution in [3.05, 3.63) is 65.9 Å². The molecule has 3 N–H and O–H groups in total. The molecule has 3 aromatic rings. The van der Waals surface area contributed by atoms with E-state index in [2.05, 4.69) is 9.97 Å². The average molecular weight is 430 g/mol. The van der Waals surface area contributed by atoms with Crippen LogP contribution in [0.5, 0.6) is 0 Å². The second-order valence-corrected chi connectivity index (χ2v) is 7.74. The Morgan fingerprint density at radius 2 is 1.93 bits per heavy atom. The quantitative estimate of drug-likeness (QED) is 0.295. The number of aromatic nitrogens is 2. The Bertz CT molecular complexity index is 1230. The summed E-state index contributed by atoms with van der Waals surface area (Å²) >= 11 is 0. The lowest BCUT2D eigenvalue weighted by Gasteiger charge is -2.08. The van der Waals surface area contributed by atoms with E-state index in [1.54, 1.807) is 30.3 Å². The molecule has 9 nitrogen and oxygen atoms in total. The first-order chi connectivity index (χ1) is 14.3. The highest BCUT2D eigenvalue weighted by molar-refractivity contribution is 7.89. The van der Waals surface area contributed by atoms with Crippen LogP contribution >= 0.6 is 0 Å². The number of nitriles is 1. The molecular weight excluding hydrogens is 415 g/mol. The van der Waals surface area contributed by atoms with Crippen molar-refractivity contribution in [1.82, 2.24) is 14.7 Å². The SMILES string of the molecule is N#CC(=C(O)COC(=O)CNS(=O)(=O)c1ccc(F)cc1)c1nc2ccccc2[nH]1. The van der Waals surface area contributed by atoms with Crippen molar-refractivity contribution < 1.29 is 27.4 Å². The standard InChI is InChI=1S/C19H15FN4O5S/c20-12-5-7-13(8-6-12)30(27,28)22-10-18(26)29-11-17(25)14(9-21)19-23-15-3-1-2-4-16(15)24-19/h1-8,22,25H,10-11H2,(H,23,24). The highest BCUT2D eigenvalue weighted by atomic mass is 32.2. The lowest BCUT2D eigenvalue weighted by atomic mass is 10.2. The number of nitrogens with zero attached hydrogens (tertiary/aromatic N) is 2. The molecule has 154 valence electrons. The number of benzene rings is 2. The first kappa shape index (κ1) is 21.0. The van der Waals surface area contributed by atoms with Crippen molar-refractivity contribution in [2.75, 3.05) is 13.2 Å². The molecule has 11 heteroatoms. The zero-order valence-electron chi connectivity index (χ0n) is 15.3. The fraction of sp³-hybridized carbons (Fsp3) is 0.105. The second kappa shape index (κ2) is 8.73. The molecule has 0 bridgehead atoms. The molecule has 0 aliphatic rings. The van der Waals surface area contributed by atoms with Crippen LogP contribution in [0.2, 0.25) is 0 Å². The van der Waals surface area contributed by atoms with Gasteiger partial charge in [-0.3, -0.25) is 4.79 Å². The molecule has 30 heavy (non-hydrogen) atoms. The number of rotatable bonds is 7. The van der Waals surface area contributed by atoms with E-state index < -0.39 is 40.7 Å². The van der Waals surface area contributed by atoms with Gasteiger partial charge in [-0.1, -0.05) is 12.1 Å². The summed E-state index contributed by atoms with van der Waals surface area (Å²) in [6.07, 6.45) is 0. The smallest absolute Gasteiger partial charge is 0.321 e. The predicted octanol–water partition coefficient (Wildman–Crippen LogP) is 2.02. The third-order valence-electron chi connectivity index (χ3n) is 3.93. The van der Waals surface area contributed by atoms with Gasteiger partial charge in [0, 0.05) is 0 Å². The molecule has 0 fully saturated rings. The van der Waals surface area contributed by atoms with E-state index in [4.69, 9.17) is 4.74 Å². The van der Waals surface area contributed by atoms with Gasteiger partial charge in [-0.2, -0.15) is 9.98 Å². The average Bonchev–Trinajstić information content (AvgIpc) is 3.15. The van der Waals surface area contributed by atoms with Crippen LogP contribution in [0.3, 0.4) is 0 Å². The summed E-state index contributed by atoms with van der Waals surface area (Å²) in [5, 5.41) is 19.4. The number of para-hydroxylation sites is 2. The molecule has 0 spiro atoms. The molecule has 0 aliphatic carbocycles. The summed E-state index contributed by atoms with van der Waals surface area (Å²) < 4.78 is 43.8. The van der Waals surface area contributed by atoms with Crippen LogP contribution in [0.15, 0.2) is 59.2 Å². The van der Waals surface area contributed by atoms with Gasteiger partial charge in [-0.15, -0.1) is 0 Å². The molecular formula is C19H15FN4O5S. The van der Waals surface area contributed by atoms with Crippen molar-refractivity contribution in [1.29, 1.82) is 5.26 Å². The van der Waals surface area contributed by atoms with E-state index in [0.717, 1.165) is 24.3 Å². The Morgan fingerprint density at radius 1 is 1.23 bits per heavy atom. The number of hydrogen-bond acceptors (Lipinski definition) is 7. The van der Waals surface area contributed by atoms with Crippen LogP contribution in [0, 0.1) is 17.1 Å². The molecule has 1 heterocycles. The summed E-state index contributed by atoms with van der Waals surface area (Å²) in [5.41, 5.74) is 1.02. The van der Waals surface area contributed by atoms with Crippen LogP contribution in [0.1, 0.15) is 5.82 Å². The Kier molecular flexibility index (Phi) is 6.10. The zero-order valence-corrected chi connectivity index (χ0v) is 16.1. The van der Waals surface area contributed by atoms with E-state index in [-0.39, 0.29) is 16.3 Å². The normalized spacial score (nSPS) is 12.3. The zero-order chi connectivity index (χ0) is 21.7. The van der Waals surface area contributed by atoms with Gasteiger partial charge in [0.1, 0.15) is 30.6 Å². The van der Waals surface area contributed by atoms with Crippen LogP contribution < -0.4 is 4.72 Å². The number of aliphatic hydroxyl groups is 1. The highest BCUT2D eigenvalue weighted by Crippen LogP contribution is 2.18. The van der Waals surface area contributed by atoms with Crippen molar-refractivity contribution >= 4 is 32.6 Å². The third-order valence-corrected chi connectivity index (χ3v) is 5.34. The van der Waals surface area contributed by atoms with Crippen molar-refractivity contribution in [3.8, 4) is 6.07 Å². The monoisotopic (exact) mass is 430 g/mol. The molecule has 0 atom stereocenters. The molecule has 1 aromatic heterocycles. The number of aromatic amines is 1. The molecule has 0 radical (unpaired) electrons. The summed E-state index contributed by atoms with van der Waals surface area (Å²) in [6, 6.07) is 12.8. The molecule has 0 saturated carbocycles. The molecule has 0 unspecified atom stereocenters. The Hall–Kier alpha value is -3.75. The van der Waals surface area contributed by atoms with Gasteiger partial charge in [-0.05, 0) is 36.4 Å². The summed E-state index contributed by atoms with van der Waals surface area (Å²) in [5.74, 6) is -2.04. The molecule has 2 aromatic carbocycles. The van der Waals surface area contributed by atoms with Crippen molar-refractivity contribution in [2.45, 2.75) is 4.90 Å². The van der Waals surface area contributed by atoms with E-state index in [1.807, 2.05) is 4.72 Å². The third kappa shape index (κ3) is 4.80. The first-order valence-corrected chi connectivity index (χ1v) is 9.96. The molecule has 0 aliphatic heterocycles. The topological polar surface area (TPSA) is 145 Å². The minimum absolute atomic E-state index is 0.101. The van der Waals surface area contributed by atoms with Crippen molar-refractivity contribution in [3.63, 3.8) is 0 Å². The lowest BCUT2D eigenvalue weighted by molar-refractivity contribution is -0.141. The maximum atomic E-state index is 12.9. The minimum Gasteiger partial charge on any atom is -0.507 e. The van der Waals surface area contributed by atoms with Crippen LogP contribution in [-0.4, -0.2) is 42.6 Å². The summed E-state index contributed by atoms with van der Waals surface area (Å²) in [4.78, 5) is 18.7. The summed E-state index contributed by atoms with van der Waals surface area (Å²) in [6.45, 7) is -1.38. The number of halogens is 1. The largest absolute Gasteiger partial charge is 0.507 e. The highest BCUT2D eigenvalue weighted by Gasteiger charge is 2.18. The number of hydrogen-bond donors (Lipinski definition) is 3. The Labute approximate surface area is 170 Å². The Balaban J connectivity index is 1.62. The number of fused-ring (bicyclic) bond motifs is 1. The van der Waals surface area contributed by atoms with E-state index in [1.165, 1.54) is 0 Å². The van der Waals surface area contributed by atoms with Gasteiger partial charge in [-0.25, -0.2) is 17.8 Å². The number of allylic oxidation sites excluding steroid dienone is 1. The first-order valence-electron chi connectivity index (χ1n) is 8.48. The van der Waals surface area contributed by atoms with E-state index in [9.17, 15) is 28.0 Å². The molecule has 0 saturated heterocycles. The minimum atomic E-state index is -4.05. The maximum absolute atomic E-state index is 12.9. The summed E-state index contributed by atoms with van der Waals surface area (Å²) in [7, 11) is -4.05. The number of imidazole rings is 1. The molecule has 3 rings (SSSR count). The number of nitrogens with one attached hydrogen (secondary N) is 2.